The van der Waals surface area contributed by atoms with Gasteiger partial charge < -0.3 is 23.9 Å². The summed E-state index contributed by atoms with van der Waals surface area (Å²) < 4.78 is 74.8. The number of nitrogens with zero attached hydrogens (tertiary/aromatic N) is 3. The number of sulfone groups is 1. The standard InChI is InChI=1S/C22H22F3N5O7S/c1-29-11-14(10-16(29)20(32)36-3)26-19(31)18-27-17(12-30(18)2)28-21(33)37-8-9-38(34,35)15-6-4-13(5-7-15)22(23,24)25/h4-7,10-12H,8-9H2,1-3H3,(H,26,31)(H,28,33). The Morgan fingerprint density at radius 2 is 1.68 bits per heavy atom. The van der Waals surface area contributed by atoms with Crippen molar-refractivity contribution >= 4 is 39.3 Å². The summed E-state index contributed by atoms with van der Waals surface area (Å²) in [7, 11) is 0.277. The first-order chi connectivity index (χ1) is 17.7. The number of amides is 2. The summed E-state index contributed by atoms with van der Waals surface area (Å²) in [6.07, 6.45) is -2.88. The highest BCUT2D eigenvalue weighted by atomic mass is 32.2. The van der Waals surface area contributed by atoms with Gasteiger partial charge in [-0.3, -0.25) is 10.1 Å². The van der Waals surface area contributed by atoms with E-state index in [2.05, 4.69) is 20.4 Å². The molecule has 0 aliphatic rings. The van der Waals surface area contributed by atoms with Gasteiger partial charge in [0.2, 0.25) is 5.82 Å². The van der Waals surface area contributed by atoms with E-state index < -0.39 is 51.9 Å². The Balaban J connectivity index is 1.55. The largest absolute Gasteiger partial charge is 0.464 e. The minimum Gasteiger partial charge on any atom is -0.464 e. The lowest BCUT2D eigenvalue weighted by molar-refractivity contribution is -0.137. The first-order valence-corrected chi connectivity index (χ1v) is 12.3. The van der Waals surface area contributed by atoms with Crippen LogP contribution >= 0.6 is 0 Å². The van der Waals surface area contributed by atoms with E-state index in [1.165, 1.54) is 41.8 Å². The zero-order valence-corrected chi connectivity index (χ0v) is 21.0. The van der Waals surface area contributed by atoms with Gasteiger partial charge in [-0.25, -0.2) is 23.0 Å². The molecule has 204 valence electrons. The summed E-state index contributed by atoms with van der Waals surface area (Å²) in [5.74, 6) is -2.10. The smallest absolute Gasteiger partial charge is 0.416 e. The Morgan fingerprint density at radius 3 is 2.29 bits per heavy atom. The van der Waals surface area contributed by atoms with Crippen molar-refractivity contribution < 1.29 is 45.4 Å². The van der Waals surface area contributed by atoms with E-state index in [4.69, 9.17) is 4.74 Å². The number of hydrogen-bond acceptors (Lipinski definition) is 8. The number of imidazole rings is 1. The second kappa shape index (κ2) is 11.0. The van der Waals surface area contributed by atoms with Gasteiger partial charge in [-0.2, -0.15) is 13.2 Å². The average Bonchev–Trinajstić information content (AvgIpc) is 3.39. The van der Waals surface area contributed by atoms with Crippen LogP contribution in [0.3, 0.4) is 0 Å². The number of alkyl halides is 3. The number of anilines is 2. The number of hydrogen-bond donors (Lipinski definition) is 2. The van der Waals surface area contributed by atoms with Crippen LogP contribution in [0.1, 0.15) is 26.7 Å². The van der Waals surface area contributed by atoms with Crippen LogP contribution in [0.25, 0.3) is 0 Å². The fourth-order valence-electron chi connectivity index (χ4n) is 3.22. The highest BCUT2D eigenvalue weighted by Crippen LogP contribution is 2.29. The van der Waals surface area contributed by atoms with Crippen LogP contribution in [0.5, 0.6) is 0 Å². The second-order valence-corrected chi connectivity index (χ2v) is 9.94. The third-order valence-corrected chi connectivity index (χ3v) is 6.79. The lowest BCUT2D eigenvalue weighted by Crippen LogP contribution is -2.20. The maximum atomic E-state index is 12.7. The van der Waals surface area contributed by atoms with Crippen LogP contribution in [-0.2, 0) is 39.6 Å². The molecular weight excluding hydrogens is 535 g/mol. The Bertz CT molecular complexity index is 1460. The van der Waals surface area contributed by atoms with E-state index >= 15 is 0 Å². The summed E-state index contributed by atoms with van der Waals surface area (Å²) >= 11 is 0. The van der Waals surface area contributed by atoms with Crippen molar-refractivity contribution in [1.82, 2.24) is 14.1 Å². The molecule has 0 bridgehead atoms. The monoisotopic (exact) mass is 557 g/mol. The third kappa shape index (κ3) is 6.70. The Morgan fingerprint density at radius 1 is 1.03 bits per heavy atom. The van der Waals surface area contributed by atoms with Crippen LogP contribution in [-0.4, -0.2) is 60.0 Å². The molecule has 0 saturated carbocycles. The molecule has 2 aromatic heterocycles. The van der Waals surface area contributed by atoms with Gasteiger partial charge in [0, 0.05) is 26.5 Å². The molecule has 2 amide bonds. The number of aryl methyl sites for hydroxylation is 2. The second-order valence-electron chi connectivity index (χ2n) is 7.83. The lowest BCUT2D eigenvalue weighted by Gasteiger charge is -2.09. The van der Waals surface area contributed by atoms with E-state index in [1.54, 1.807) is 7.05 Å². The Labute approximate surface area is 214 Å². The number of carbonyl (C=O) groups excluding carboxylic acids is 3. The molecule has 0 aliphatic heterocycles. The van der Waals surface area contributed by atoms with Crippen molar-refractivity contribution in [1.29, 1.82) is 0 Å². The number of nitrogens with one attached hydrogen (secondary N) is 2. The van der Waals surface area contributed by atoms with Crippen molar-refractivity contribution in [3.63, 3.8) is 0 Å². The number of benzene rings is 1. The topological polar surface area (TPSA) is 151 Å². The van der Waals surface area contributed by atoms with E-state index in [0.29, 0.717) is 17.8 Å². The van der Waals surface area contributed by atoms with Crippen LogP contribution in [0.4, 0.5) is 29.5 Å². The summed E-state index contributed by atoms with van der Waals surface area (Å²) in [4.78, 5) is 40.0. The molecule has 0 unspecified atom stereocenters. The molecule has 2 N–H and O–H groups in total. The third-order valence-electron chi connectivity index (χ3n) is 5.09. The number of esters is 1. The van der Waals surface area contributed by atoms with Crippen LogP contribution < -0.4 is 10.6 Å². The molecule has 2 heterocycles. The Kier molecular flexibility index (Phi) is 8.14. The first-order valence-electron chi connectivity index (χ1n) is 10.6. The number of methoxy groups -OCH3 is 1. The van der Waals surface area contributed by atoms with Gasteiger partial charge in [-0.1, -0.05) is 0 Å². The van der Waals surface area contributed by atoms with Gasteiger partial charge in [-0.15, -0.1) is 0 Å². The van der Waals surface area contributed by atoms with Gasteiger partial charge >= 0.3 is 18.2 Å². The fourth-order valence-corrected chi connectivity index (χ4v) is 4.31. The van der Waals surface area contributed by atoms with Crippen molar-refractivity contribution in [2.24, 2.45) is 14.1 Å². The highest BCUT2D eigenvalue weighted by molar-refractivity contribution is 7.91. The maximum absolute atomic E-state index is 12.7. The van der Waals surface area contributed by atoms with Crippen molar-refractivity contribution in [3.8, 4) is 0 Å². The van der Waals surface area contributed by atoms with Crippen molar-refractivity contribution in [3.05, 3.63) is 59.8 Å². The summed E-state index contributed by atoms with van der Waals surface area (Å²) in [6, 6.07) is 4.34. The molecule has 0 atom stereocenters. The molecule has 12 nitrogen and oxygen atoms in total. The summed E-state index contributed by atoms with van der Waals surface area (Å²) in [6.45, 7) is -0.591. The molecule has 0 aliphatic carbocycles. The lowest BCUT2D eigenvalue weighted by atomic mass is 10.2. The number of carbonyl (C=O) groups is 3. The Hall–Kier alpha value is -4.34. The highest BCUT2D eigenvalue weighted by Gasteiger charge is 2.30. The molecule has 3 rings (SSSR count). The molecule has 1 aromatic carbocycles. The van der Waals surface area contributed by atoms with Crippen LogP contribution in [0.2, 0.25) is 0 Å². The molecule has 0 spiro atoms. The zero-order chi connectivity index (χ0) is 28.3. The van der Waals surface area contributed by atoms with E-state index in [1.807, 2.05) is 0 Å². The summed E-state index contributed by atoms with van der Waals surface area (Å²) in [5, 5.41) is 4.81. The molecule has 38 heavy (non-hydrogen) atoms. The fraction of sp³-hybridized carbons (Fsp3) is 0.273. The van der Waals surface area contributed by atoms with Crippen molar-refractivity contribution in [2.45, 2.75) is 11.1 Å². The number of aromatic nitrogens is 3. The van der Waals surface area contributed by atoms with Gasteiger partial charge in [0.05, 0.1) is 29.0 Å². The van der Waals surface area contributed by atoms with Crippen LogP contribution in [0.15, 0.2) is 47.6 Å². The zero-order valence-electron chi connectivity index (χ0n) is 20.2. The van der Waals surface area contributed by atoms with Gasteiger partial charge in [0.15, 0.2) is 15.7 Å². The SMILES string of the molecule is COC(=O)c1cc(NC(=O)c2nc(NC(=O)OCCS(=O)(=O)c3ccc(C(F)(F)F)cc3)cn2C)cn1C. The predicted octanol–water partition coefficient (Wildman–Crippen LogP) is 2.84. The number of rotatable bonds is 8. The minimum atomic E-state index is -4.61. The van der Waals surface area contributed by atoms with Gasteiger partial charge in [-0.05, 0) is 30.3 Å². The van der Waals surface area contributed by atoms with E-state index in [9.17, 15) is 36.0 Å². The normalized spacial score (nSPS) is 11.6. The first kappa shape index (κ1) is 28.2. The minimum absolute atomic E-state index is 0.0726. The quantitative estimate of drug-likeness (QED) is 0.402. The van der Waals surface area contributed by atoms with Crippen molar-refractivity contribution in [2.75, 3.05) is 30.1 Å². The van der Waals surface area contributed by atoms with E-state index in [-0.39, 0.29) is 22.2 Å². The average molecular weight is 558 g/mol. The molecule has 0 saturated heterocycles. The molecular formula is C22H22F3N5O7S. The summed E-state index contributed by atoms with van der Waals surface area (Å²) in [5.41, 5.74) is -0.498. The number of ether oxygens (including phenoxy) is 2. The van der Waals surface area contributed by atoms with Crippen LogP contribution in [0, 0.1) is 0 Å². The number of halogens is 3. The maximum Gasteiger partial charge on any atom is 0.416 e. The molecule has 0 radical (unpaired) electrons. The predicted molar refractivity (Wildman–Crippen MR) is 126 cm³/mol. The van der Waals surface area contributed by atoms with Gasteiger partial charge in [0.25, 0.3) is 5.91 Å². The molecule has 16 heteroatoms. The molecule has 3 aromatic rings. The van der Waals surface area contributed by atoms with E-state index in [0.717, 1.165) is 12.1 Å². The molecule has 0 fully saturated rings. The van der Waals surface area contributed by atoms with Gasteiger partial charge in [0.1, 0.15) is 12.3 Å².